The maximum absolute atomic E-state index is 13.5. The van der Waals surface area contributed by atoms with E-state index in [9.17, 15) is 18.0 Å². The molecule has 0 aromatic heterocycles. The second-order valence-electron chi connectivity index (χ2n) is 7.60. The first-order valence-corrected chi connectivity index (χ1v) is 13.6. The van der Waals surface area contributed by atoms with E-state index in [-0.39, 0.29) is 22.6 Å². The highest BCUT2D eigenvalue weighted by Gasteiger charge is 2.41. The summed E-state index contributed by atoms with van der Waals surface area (Å²) in [6.45, 7) is 4.24. The van der Waals surface area contributed by atoms with Crippen LogP contribution in [0.15, 0.2) is 88.2 Å². The number of ether oxygens (including phenoxy) is 2. The van der Waals surface area contributed by atoms with Gasteiger partial charge in [0.05, 0.1) is 29.4 Å². The third kappa shape index (κ3) is 5.44. The predicted molar refractivity (Wildman–Crippen MR) is 139 cm³/mol. The summed E-state index contributed by atoms with van der Waals surface area (Å²) in [4.78, 5) is 26.8. The van der Waals surface area contributed by atoms with Gasteiger partial charge in [-0.05, 0) is 67.9 Å². The lowest BCUT2D eigenvalue weighted by Crippen LogP contribution is -2.30. The van der Waals surface area contributed by atoms with Gasteiger partial charge in [-0.25, -0.2) is 4.79 Å². The first kappa shape index (κ1) is 25.5. The molecular weight excluding hydrogens is 500 g/mol. The van der Waals surface area contributed by atoms with E-state index in [1.54, 1.807) is 31.2 Å². The van der Waals surface area contributed by atoms with Crippen LogP contribution in [-0.4, -0.2) is 38.7 Å². The number of amidine groups is 1. The van der Waals surface area contributed by atoms with Gasteiger partial charge in [-0.3, -0.25) is 9.69 Å². The molecule has 0 radical (unpaired) electrons. The summed E-state index contributed by atoms with van der Waals surface area (Å²) in [7, 11) is -4.13. The number of carbonyl (C=O) groups is 2. The summed E-state index contributed by atoms with van der Waals surface area (Å²) in [5.41, 5.74) is 1.43. The van der Waals surface area contributed by atoms with Crippen molar-refractivity contribution in [1.82, 2.24) is 0 Å². The number of amides is 1. The van der Waals surface area contributed by atoms with E-state index < -0.39 is 21.2 Å². The van der Waals surface area contributed by atoms with Crippen LogP contribution < -0.4 is 9.64 Å². The highest BCUT2D eigenvalue weighted by molar-refractivity contribution is 8.16. The van der Waals surface area contributed by atoms with Gasteiger partial charge >= 0.3 is 5.97 Å². The second-order valence-corrected chi connectivity index (χ2v) is 10.3. The average Bonchev–Trinajstić information content (AvgIpc) is 3.20. The summed E-state index contributed by atoms with van der Waals surface area (Å²) < 4.78 is 40.8. The number of thioether (sulfide) groups is 1. The number of esters is 1. The molecule has 0 saturated carbocycles. The van der Waals surface area contributed by atoms with Gasteiger partial charge < -0.3 is 9.47 Å². The molecule has 1 saturated heterocycles. The van der Waals surface area contributed by atoms with Crippen molar-refractivity contribution in [3.8, 4) is 5.75 Å². The van der Waals surface area contributed by atoms with Gasteiger partial charge in [-0.1, -0.05) is 42.1 Å². The second kappa shape index (κ2) is 11.0. The Balaban J connectivity index is 1.73. The molecule has 1 amide bonds. The van der Waals surface area contributed by atoms with Crippen LogP contribution in [0.5, 0.6) is 5.75 Å². The molecule has 36 heavy (non-hydrogen) atoms. The lowest BCUT2D eigenvalue weighted by atomic mass is 10.1. The fourth-order valence-electron chi connectivity index (χ4n) is 3.55. The smallest absolute Gasteiger partial charge is 0.338 e. The number of hydrogen-bond acceptors (Lipinski definition) is 7. The zero-order valence-electron chi connectivity index (χ0n) is 19.7. The molecule has 186 valence electrons. The van der Waals surface area contributed by atoms with E-state index in [1.165, 1.54) is 29.2 Å². The highest BCUT2D eigenvalue weighted by Crippen LogP contribution is 2.42. The quantitative estimate of drug-likeness (QED) is 0.389. The van der Waals surface area contributed by atoms with Crippen LogP contribution in [0.25, 0.3) is 0 Å². The fourth-order valence-corrected chi connectivity index (χ4v) is 5.90. The summed E-state index contributed by atoms with van der Waals surface area (Å²) in [5.74, 6) is -0.280. The lowest BCUT2D eigenvalue weighted by Gasteiger charge is -2.17. The van der Waals surface area contributed by atoms with E-state index in [0.29, 0.717) is 23.6 Å². The maximum Gasteiger partial charge on any atom is 0.338 e. The molecule has 3 aromatic carbocycles. The molecule has 1 aliphatic heterocycles. The average molecular weight is 525 g/mol. The Kier molecular flexibility index (Phi) is 7.76. The third-order valence-electron chi connectivity index (χ3n) is 5.23. The van der Waals surface area contributed by atoms with Crippen molar-refractivity contribution in [3.63, 3.8) is 0 Å². The van der Waals surface area contributed by atoms with Gasteiger partial charge in [0.1, 0.15) is 11.0 Å². The summed E-state index contributed by atoms with van der Waals surface area (Å²) in [6, 6.07) is 21.2. The monoisotopic (exact) mass is 524 g/mol. The first-order chi connectivity index (χ1) is 17.3. The molecule has 0 aliphatic carbocycles. The Bertz CT molecular complexity index is 1370. The molecule has 0 spiro atoms. The predicted octanol–water partition coefficient (Wildman–Crippen LogP) is 4.83. The first-order valence-electron chi connectivity index (χ1n) is 11.2. The third-order valence-corrected chi connectivity index (χ3v) is 7.82. The normalized spacial score (nSPS) is 16.8. The molecule has 1 heterocycles. The maximum atomic E-state index is 13.5. The van der Waals surface area contributed by atoms with Crippen molar-refractivity contribution in [2.75, 3.05) is 18.1 Å². The van der Waals surface area contributed by atoms with E-state index in [1.807, 2.05) is 37.3 Å². The zero-order valence-corrected chi connectivity index (χ0v) is 21.3. The van der Waals surface area contributed by atoms with Gasteiger partial charge in [0, 0.05) is 0 Å². The molecule has 10 heteroatoms. The Morgan fingerprint density at radius 1 is 0.944 bits per heavy atom. The summed E-state index contributed by atoms with van der Waals surface area (Å²) in [5, 5.41) is -0.656. The SMILES string of the molecule is CCOC(=O)c1ccc(N2C(=O)C(c3ccccc3)SC2=NS(=O)(=O)c2ccc(OCC)cc2)cc1. The molecule has 0 N–H and O–H groups in total. The van der Waals surface area contributed by atoms with Crippen LogP contribution in [0.4, 0.5) is 5.69 Å². The summed E-state index contributed by atoms with van der Waals surface area (Å²) >= 11 is 1.06. The van der Waals surface area contributed by atoms with Crippen LogP contribution in [0.1, 0.15) is 35.0 Å². The molecule has 0 bridgehead atoms. The number of sulfonamides is 1. The number of rotatable bonds is 8. The minimum Gasteiger partial charge on any atom is -0.494 e. The Hall–Kier alpha value is -3.63. The van der Waals surface area contributed by atoms with E-state index in [4.69, 9.17) is 9.47 Å². The van der Waals surface area contributed by atoms with Gasteiger partial charge in [-0.2, -0.15) is 8.42 Å². The van der Waals surface area contributed by atoms with Crippen LogP contribution in [-0.2, 0) is 19.6 Å². The number of nitrogens with zero attached hydrogens (tertiary/aromatic N) is 2. The van der Waals surface area contributed by atoms with Crippen molar-refractivity contribution >= 4 is 44.5 Å². The molecule has 4 rings (SSSR count). The fraction of sp³-hybridized carbons (Fsp3) is 0.192. The van der Waals surface area contributed by atoms with Gasteiger partial charge in [0.25, 0.3) is 15.9 Å². The molecule has 8 nitrogen and oxygen atoms in total. The number of benzene rings is 3. The Labute approximate surface area is 214 Å². The largest absolute Gasteiger partial charge is 0.494 e. The number of hydrogen-bond donors (Lipinski definition) is 0. The van der Waals surface area contributed by atoms with Gasteiger partial charge in [0.2, 0.25) is 0 Å². The summed E-state index contributed by atoms with van der Waals surface area (Å²) in [6.07, 6.45) is 0. The van der Waals surface area contributed by atoms with E-state index in [2.05, 4.69) is 4.40 Å². The number of carbonyl (C=O) groups excluding carboxylic acids is 2. The molecular formula is C26H24N2O6S2. The molecule has 1 aliphatic rings. The van der Waals surface area contributed by atoms with Crippen molar-refractivity contribution in [2.45, 2.75) is 24.0 Å². The van der Waals surface area contributed by atoms with Crippen LogP contribution in [0.2, 0.25) is 0 Å². The van der Waals surface area contributed by atoms with Gasteiger partial charge in [-0.15, -0.1) is 4.40 Å². The number of anilines is 1. The van der Waals surface area contributed by atoms with Gasteiger partial charge in [0.15, 0.2) is 5.17 Å². The van der Waals surface area contributed by atoms with Crippen LogP contribution in [0.3, 0.4) is 0 Å². The van der Waals surface area contributed by atoms with Crippen molar-refractivity contribution in [1.29, 1.82) is 0 Å². The van der Waals surface area contributed by atoms with Crippen molar-refractivity contribution in [3.05, 3.63) is 90.0 Å². The van der Waals surface area contributed by atoms with Crippen molar-refractivity contribution < 1.29 is 27.5 Å². The highest BCUT2D eigenvalue weighted by atomic mass is 32.2. The van der Waals surface area contributed by atoms with Crippen LogP contribution in [0, 0.1) is 0 Å². The topological polar surface area (TPSA) is 102 Å². The minimum absolute atomic E-state index is 0.0200. The zero-order chi connectivity index (χ0) is 25.7. The molecule has 1 fully saturated rings. The van der Waals surface area contributed by atoms with Crippen LogP contribution >= 0.6 is 11.8 Å². The minimum atomic E-state index is -4.13. The van der Waals surface area contributed by atoms with E-state index >= 15 is 0 Å². The van der Waals surface area contributed by atoms with E-state index in [0.717, 1.165) is 17.3 Å². The molecule has 3 aromatic rings. The van der Waals surface area contributed by atoms with Crippen molar-refractivity contribution in [2.24, 2.45) is 4.40 Å². The Morgan fingerprint density at radius 3 is 2.22 bits per heavy atom. The lowest BCUT2D eigenvalue weighted by molar-refractivity contribution is -0.117. The Morgan fingerprint density at radius 2 is 1.61 bits per heavy atom. The standard InChI is InChI=1S/C26H24N2O6S2/c1-3-33-21-14-16-22(17-15-21)36(31,32)27-26-28(20-12-10-19(11-13-20)25(30)34-4-2)24(29)23(35-26)18-8-6-5-7-9-18/h5-17,23H,3-4H2,1-2H3. The molecule has 1 unspecified atom stereocenters. The molecule has 1 atom stereocenters.